The number of benzene rings is 2. The molecule has 0 saturated heterocycles. The highest BCUT2D eigenvalue weighted by Gasteiger charge is 2.15. The fourth-order valence-electron chi connectivity index (χ4n) is 2.75. The lowest BCUT2D eigenvalue weighted by molar-refractivity contribution is 0.102. The standard InChI is InChI=1S/C19H15N3O3/c23-18-9-7-16(21-22(18)15-4-2-1-3-5-15)19(24)20-14-6-8-17-13(12-14)10-11-25-17/h1-9,12H,10-11H2,(H,20,24). The van der Waals surface area contributed by atoms with Crippen molar-refractivity contribution in [2.24, 2.45) is 0 Å². The lowest BCUT2D eigenvalue weighted by atomic mass is 10.1. The molecule has 0 spiro atoms. The highest BCUT2D eigenvalue weighted by molar-refractivity contribution is 6.02. The van der Waals surface area contributed by atoms with E-state index in [9.17, 15) is 9.59 Å². The van der Waals surface area contributed by atoms with E-state index < -0.39 is 0 Å². The van der Waals surface area contributed by atoms with Gasteiger partial charge >= 0.3 is 0 Å². The number of nitrogens with zero attached hydrogens (tertiary/aromatic N) is 2. The Balaban J connectivity index is 1.61. The molecule has 0 aliphatic carbocycles. The number of para-hydroxylation sites is 1. The van der Waals surface area contributed by atoms with Gasteiger partial charge in [-0.3, -0.25) is 9.59 Å². The minimum Gasteiger partial charge on any atom is -0.493 e. The van der Waals surface area contributed by atoms with Crippen LogP contribution in [0.15, 0.2) is 65.5 Å². The maximum atomic E-state index is 12.5. The molecule has 1 aliphatic heterocycles. The molecule has 1 N–H and O–H groups in total. The Hall–Kier alpha value is -3.41. The van der Waals surface area contributed by atoms with Gasteiger partial charge in [-0.1, -0.05) is 18.2 Å². The van der Waals surface area contributed by atoms with Crippen LogP contribution in [0.2, 0.25) is 0 Å². The van der Waals surface area contributed by atoms with Crippen molar-refractivity contribution in [2.75, 3.05) is 11.9 Å². The molecule has 124 valence electrons. The van der Waals surface area contributed by atoms with Crippen molar-refractivity contribution in [3.05, 3.63) is 82.3 Å². The fraction of sp³-hybridized carbons (Fsp3) is 0.105. The Bertz CT molecular complexity index is 996. The van der Waals surface area contributed by atoms with Gasteiger partial charge in [0.05, 0.1) is 12.3 Å². The van der Waals surface area contributed by atoms with Crippen molar-refractivity contribution in [2.45, 2.75) is 6.42 Å². The van der Waals surface area contributed by atoms with Crippen molar-refractivity contribution >= 4 is 11.6 Å². The number of ether oxygens (including phenoxy) is 1. The zero-order valence-corrected chi connectivity index (χ0v) is 13.3. The summed E-state index contributed by atoms with van der Waals surface area (Å²) in [5.74, 6) is 0.484. The average Bonchev–Trinajstić information content (AvgIpc) is 3.10. The third-order valence-electron chi connectivity index (χ3n) is 3.98. The minimum atomic E-state index is -0.372. The molecule has 1 amide bonds. The monoisotopic (exact) mass is 333 g/mol. The number of hydrogen-bond donors (Lipinski definition) is 1. The van der Waals surface area contributed by atoms with Crippen LogP contribution in [0, 0.1) is 0 Å². The first-order chi connectivity index (χ1) is 12.2. The highest BCUT2D eigenvalue weighted by Crippen LogP contribution is 2.27. The molecule has 0 radical (unpaired) electrons. The quantitative estimate of drug-likeness (QED) is 0.799. The van der Waals surface area contributed by atoms with Crippen LogP contribution in [0.1, 0.15) is 16.1 Å². The van der Waals surface area contributed by atoms with Gasteiger partial charge in [0.1, 0.15) is 11.4 Å². The lowest BCUT2D eigenvalue weighted by Crippen LogP contribution is -2.24. The van der Waals surface area contributed by atoms with Crippen molar-refractivity contribution in [3.63, 3.8) is 0 Å². The number of carbonyl (C=O) groups is 1. The number of carbonyl (C=O) groups excluding carboxylic acids is 1. The summed E-state index contributed by atoms with van der Waals surface area (Å²) in [5.41, 5.74) is 2.22. The van der Waals surface area contributed by atoms with Crippen molar-refractivity contribution in [1.29, 1.82) is 0 Å². The highest BCUT2D eigenvalue weighted by atomic mass is 16.5. The first kappa shape index (κ1) is 15.1. The van der Waals surface area contributed by atoms with Gasteiger partial charge in [0.2, 0.25) is 0 Å². The van der Waals surface area contributed by atoms with E-state index in [0.717, 1.165) is 17.7 Å². The predicted molar refractivity (Wildman–Crippen MR) is 93.4 cm³/mol. The van der Waals surface area contributed by atoms with E-state index in [-0.39, 0.29) is 17.2 Å². The van der Waals surface area contributed by atoms with E-state index in [4.69, 9.17) is 4.74 Å². The molecule has 3 aromatic rings. The normalized spacial score (nSPS) is 12.3. The number of anilines is 1. The Labute approximate surface area is 143 Å². The van der Waals surface area contributed by atoms with Crippen molar-refractivity contribution in [1.82, 2.24) is 9.78 Å². The maximum absolute atomic E-state index is 12.5. The van der Waals surface area contributed by atoms with Crippen LogP contribution in [0.5, 0.6) is 5.75 Å². The van der Waals surface area contributed by atoms with Crippen LogP contribution in [0.4, 0.5) is 5.69 Å². The van der Waals surface area contributed by atoms with Crippen LogP contribution in [0.25, 0.3) is 5.69 Å². The molecule has 25 heavy (non-hydrogen) atoms. The second-order valence-electron chi connectivity index (χ2n) is 5.68. The third-order valence-corrected chi connectivity index (χ3v) is 3.98. The largest absolute Gasteiger partial charge is 0.493 e. The predicted octanol–water partition coefficient (Wildman–Crippen LogP) is 2.42. The maximum Gasteiger partial charge on any atom is 0.276 e. The molecule has 4 rings (SSSR count). The fourth-order valence-corrected chi connectivity index (χ4v) is 2.75. The van der Waals surface area contributed by atoms with Crippen LogP contribution >= 0.6 is 0 Å². The van der Waals surface area contributed by atoms with Gasteiger partial charge < -0.3 is 10.1 Å². The SMILES string of the molecule is O=C(Nc1ccc2c(c1)CCO2)c1ccc(=O)n(-c2ccccc2)n1. The zero-order valence-electron chi connectivity index (χ0n) is 13.3. The molecule has 6 nitrogen and oxygen atoms in total. The smallest absolute Gasteiger partial charge is 0.276 e. The molecule has 0 atom stereocenters. The van der Waals surface area contributed by atoms with Crippen molar-refractivity contribution < 1.29 is 9.53 Å². The molecular weight excluding hydrogens is 318 g/mol. The van der Waals surface area contributed by atoms with E-state index in [1.807, 2.05) is 30.3 Å². The van der Waals surface area contributed by atoms with E-state index in [2.05, 4.69) is 10.4 Å². The number of hydrogen-bond acceptors (Lipinski definition) is 4. The van der Waals surface area contributed by atoms with Crippen LogP contribution < -0.4 is 15.6 Å². The molecule has 2 heterocycles. The molecular formula is C19H15N3O3. The second-order valence-corrected chi connectivity index (χ2v) is 5.68. The average molecular weight is 333 g/mol. The first-order valence-corrected chi connectivity index (χ1v) is 7.93. The molecule has 0 fully saturated rings. The summed E-state index contributed by atoms with van der Waals surface area (Å²) in [4.78, 5) is 24.5. The summed E-state index contributed by atoms with van der Waals surface area (Å²) in [7, 11) is 0. The molecule has 0 unspecified atom stereocenters. The zero-order chi connectivity index (χ0) is 17.2. The number of amides is 1. The molecule has 1 aromatic heterocycles. The van der Waals surface area contributed by atoms with Crippen LogP contribution in [-0.4, -0.2) is 22.3 Å². The van der Waals surface area contributed by atoms with E-state index >= 15 is 0 Å². The number of rotatable bonds is 3. The molecule has 0 saturated carbocycles. The van der Waals surface area contributed by atoms with Crippen LogP contribution in [0.3, 0.4) is 0 Å². The van der Waals surface area contributed by atoms with Gasteiger partial charge in [-0.2, -0.15) is 9.78 Å². The summed E-state index contributed by atoms with van der Waals surface area (Å²) in [6.45, 7) is 0.663. The second kappa shape index (κ2) is 6.24. The third kappa shape index (κ3) is 3.01. The number of aromatic nitrogens is 2. The van der Waals surface area contributed by atoms with E-state index in [1.165, 1.54) is 16.8 Å². The Morgan fingerprint density at radius 2 is 1.92 bits per heavy atom. The topological polar surface area (TPSA) is 73.2 Å². The molecule has 1 aliphatic rings. The summed E-state index contributed by atoms with van der Waals surface area (Å²) in [6.07, 6.45) is 0.830. The molecule has 6 heteroatoms. The Kier molecular flexibility index (Phi) is 3.78. The van der Waals surface area contributed by atoms with Gasteiger partial charge in [-0.05, 0) is 42.0 Å². The lowest BCUT2D eigenvalue weighted by Gasteiger charge is -2.08. The molecule has 0 bridgehead atoms. The Morgan fingerprint density at radius 1 is 1.08 bits per heavy atom. The molecule has 2 aromatic carbocycles. The summed E-state index contributed by atoms with van der Waals surface area (Å²) < 4.78 is 6.67. The van der Waals surface area contributed by atoms with Gasteiger partial charge in [0.25, 0.3) is 11.5 Å². The van der Waals surface area contributed by atoms with Crippen LogP contribution in [-0.2, 0) is 6.42 Å². The van der Waals surface area contributed by atoms with Gasteiger partial charge in [0.15, 0.2) is 0 Å². The van der Waals surface area contributed by atoms with Gasteiger partial charge in [0, 0.05) is 18.2 Å². The van der Waals surface area contributed by atoms with Gasteiger partial charge in [-0.25, -0.2) is 0 Å². The van der Waals surface area contributed by atoms with Gasteiger partial charge in [-0.15, -0.1) is 0 Å². The minimum absolute atomic E-state index is 0.167. The summed E-state index contributed by atoms with van der Waals surface area (Å²) in [6, 6.07) is 17.3. The number of nitrogens with one attached hydrogen (secondary N) is 1. The van der Waals surface area contributed by atoms with E-state index in [0.29, 0.717) is 18.0 Å². The summed E-state index contributed by atoms with van der Waals surface area (Å²) in [5, 5.41) is 6.99. The number of fused-ring (bicyclic) bond motifs is 1. The van der Waals surface area contributed by atoms with Crippen molar-refractivity contribution in [3.8, 4) is 11.4 Å². The summed E-state index contributed by atoms with van der Waals surface area (Å²) >= 11 is 0. The van der Waals surface area contributed by atoms with E-state index in [1.54, 1.807) is 18.2 Å². The first-order valence-electron chi connectivity index (χ1n) is 7.93. The Morgan fingerprint density at radius 3 is 2.76 bits per heavy atom.